The molecule has 8 nitrogen and oxygen atoms in total. The zero-order valence-corrected chi connectivity index (χ0v) is 12.5. The minimum absolute atomic E-state index is 0.0233. The lowest BCUT2D eigenvalue weighted by Crippen LogP contribution is -2.43. The Morgan fingerprint density at radius 2 is 1.57 bits per heavy atom. The number of benzene rings is 2. The third kappa shape index (κ3) is 3.68. The van der Waals surface area contributed by atoms with E-state index in [0.717, 1.165) is 0 Å². The monoisotopic (exact) mass is 340 g/mol. The van der Waals surface area contributed by atoms with Gasteiger partial charge in [-0.05, 0) is 11.5 Å². The molecule has 0 aromatic heterocycles. The van der Waals surface area contributed by atoms with Crippen LogP contribution >= 0.6 is 7.60 Å². The van der Waals surface area contributed by atoms with Gasteiger partial charge in [-0.1, -0.05) is 36.4 Å². The molecule has 0 saturated carbocycles. The summed E-state index contributed by atoms with van der Waals surface area (Å²) in [5.41, 5.74) is -2.51. The summed E-state index contributed by atoms with van der Waals surface area (Å²) in [7, 11) is -5.24. The second-order valence-electron chi connectivity index (χ2n) is 4.73. The topological polar surface area (TPSA) is 141 Å². The number of ether oxygens (including phenoxy) is 1. The lowest BCUT2D eigenvalue weighted by molar-refractivity contribution is -0.151. The van der Waals surface area contributed by atoms with Gasteiger partial charge >= 0.3 is 19.5 Å². The molecular formula is C14H13O8P. The van der Waals surface area contributed by atoms with E-state index < -0.39 is 31.3 Å². The fourth-order valence-corrected chi connectivity index (χ4v) is 2.96. The normalized spacial score (nSPS) is 14.2. The molecule has 0 spiro atoms. The van der Waals surface area contributed by atoms with E-state index in [0.29, 0.717) is 10.8 Å². The number of rotatable bonds is 6. The van der Waals surface area contributed by atoms with Crippen molar-refractivity contribution >= 4 is 30.3 Å². The zero-order valence-electron chi connectivity index (χ0n) is 11.6. The summed E-state index contributed by atoms with van der Waals surface area (Å²) in [6.45, 7) is 0. The molecule has 0 saturated heterocycles. The van der Waals surface area contributed by atoms with Crippen LogP contribution in [0.15, 0.2) is 42.5 Å². The van der Waals surface area contributed by atoms with Gasteiger partial charge in [0.15, 0.2) is 0 Å². The van der Waals surface area contributed by atoms with Crippen LogP contribution in [-0.2, 0) is 14.2 Å². The number of aliphatic carboxylic acids is 2. The molecule has 0 heterocycles. The Bertz CT molecular complexity index is 791. The molecule has 2 unspecified atom stereocenters. The average molecular weight is 340 g/mol. The van der Waals surface area contributed by atoms with Gasteiger partial charge in [-0.3, -0.25) is 9.36 Å². The molecule has 2 aromatic carbocycles. The van der Waals surface area contributed by atoms with Crippen molar-refractivity contribution in [2.24, 2.45) is 0 Å². The molecular weight excluding hydrogens is 327 g/mol. The van der Waals surface area contributed by atoms with Gasteiger partial charge in [0.1, 0.15) is 5.75 Å². The van der Waals surface area contributed by atoms with Gasteiger partial charge in [-0.25, -0.2) is 4.79 Å². The van der Waals surface area contributed by atoms with Crippen LogP contribution in [0.5, 0.6) is 5.75 Å². The van der Waals surface area contributed by atoms with Crippen molar-refractivity contribution in [3.8, 4) is 5.75 Å². The van der Waals surface area contributed by atoms with Gasteiger partial charge in [0.2, 0.25) is 11.8 Å². The zero-order chi connectivity index (χ0) is 17.2. The summed E-state index contributed by atoms with van der Waals surface area (Å²) in [5, 5.41) is 19.3. The third-order valence-electron chi connectivity index (χ3n) is 3.15. The molecule has 23 heavy (non-hydrogen) atoms. The van der Waals surface area contributed by atoms with Crippen molar-refractivity contribution in [2.45, 2.75) is 11.8 Å². The molecule has 0 aliphatic rings. The lowest BCUT2D eigenvalue weighted by atomic mass is 10.1. The minimum atomic E-state index is -5.24. The molecule has 2 rings (SSSR count). The Kier molecular flexibility index (Phi) is 4.70. The smallest absolute Gasteiger partial charge is 0.346 e. The fourth-order valence-electron chi connectivity index (χ4n) is 2.13. The van der Waals surface area contributed by atoms with Crippen LogP contribution in [0.1, 0.15) is 0 Å². The van der Waals surface area contributed by atoms with Crippen LogP contribution in [0.4, 0.5) is 0 Å². The van der Waals surface area contributed by atoms with Crippen molar-refractivity contribution in [1.29, 1.82) is 0 Å². The van der Waals surface area contributed by atoms with Crippen LogP contribution in [0.2, 0.25) is 0 Å². The predicted octanol–water partition coefficient (Wildman–Crippen LogP) is 1.30. The first kappa shape index (κ1) is 17.0. The van der Waals surface area contributed by atoms with Gasteiger partial charge in [0.05, 0.1) is 0 Å². The molecule has 9 heteroatoms. The van der Waals surface area contributed by atoms with E-state index in [4.69, 9.17) is 24.7 Å². The van der Waals surface area contributed by atoms with E-state index in [2.05, 4.69) is 0 Å². The molecule has 122 valence electrons. The van der Waals surface area contributed by atoms with E-state index in [1.54, 1.807) is 36.4 Å². The largest absolute Gasteiger partial charge is 0.480 e. The highest BCUT2D eigenvalue weighted by Crippen LogP contribution is 2.44. The number of carboxylic acid groups (broad SMARTS) is 2. The second kappa shape index (κ2) is 6.37. The van der Waals surface area contributed by atoms with Crippen molar-refractivity contribution in [1.82, 2.24) is 0 Å². The van der Waals surface area contributed by atoms with Crippen LogP contribution in [0.3, 0.4) is 0 Å². The number of carboxylic acids is 2. The molecule has 0 aliphatic heterocycles. The van der Waals surface area contributed by atoms with Crippen LogP contribution in [0.25, 0.3) is 10.8 Å². The van der Waals surface area contributed by atoms with Gasteiger partial charge in [-0.15, -0.1) is 0 Å². The van der Waals surface area contributed by atoms with Gasteiger partial charge in [-0.2, -0.15) is 0 Å². The molecule has 0 bridgehead atoms. The third-order valence-corrected chi connectivity index (χ3v) is 4.37. The van der Waals surface area contributed by atoms with E-state index >= 15 is 0 Å². The highest BCUT2D eigenvalue weighted by atomic mass is 31.2. The van der Waals surface area contributed by atoms with Crippen LogP contribution in [-0.4, -0.2) is 43.7 Å². The second-order valence-corrected chi connectivity index (χ2v) is 6.46. The number of carbonyl (C=O) groups is 2. The van der Waals surface area contributed by atoms with Crippen molar-refractivity contribution < 1.29 is 38.9 Å². The SMILES string of the molecule is O=C(O)C(Oc1cccc2ccccc12)C(C(=O)O)P(=O)(O)O. The first-order valence-electron chi connectivity index (χ1n) is 6.37. The highest BCUT2D eigenvalue weighted by molar-refractivity contribution is 7.53. The molecule has 0 amide bonds. The lowest BCUT2D eigenvalue weighted by Gasteiger charge is -2.23. The van der Waals surface area contributed by atoms with Gasteiger partial charge in [0, 0.05) is 5.39 Å². The fraction of sp³-hybridized carbons (Fsp3) is 0.143. The molecule has 2 aromatic rings. The molecule has 0 aliphatic carbocycles. The first-order chi connectivity index (χ1) is 10.7. The first-order valence-corrected chi connectivity index (χ1v) is 8.05. The van der Waals surface area contributed by atoms with Crippen molar-refractivity contribution in [3.05, 3.63) is 42.5 Å². The summed E-state index contributed by atoms with van der Waals surface area (Å²) < 4.78 is 16.5. The summed E-state index contributed by atoms with van der Waals surface area (Å²) in [5.74, 6) is -3.71. The standard InChI is InChI=1S/C14H13O8P/c15-13(16)11(12(14(17)18)23(19,20)21)22-10-7-3-5-8-4-1-2-6-9(8)10/h1-7,11-12H,(H,15,16)(H,17,18)(H2,19,20,21). The average Bonchev–Trinajstić information content (AvgIpc) is 2.45. The Labute approximate surface area is 130 Å². The maximum Gasteiger partial charge on any atom is 0.346 e. The Hall–Kier alpha value is -2.41. The summed E-state index contributed by atoms with van der Waals surface area (Å²) in [6.07, 6.45) is -2.24. The molecule has 4 N–H and O–H groups in total. The number of hydrogen-bond donors (Lipinski definition) is 4. The Balaban J connectivity index is 2.49. The van der Waals surface area contributed by atoms with E-state index in [1.165, 1.54) is 6.07 Å². The van der Waals surface area contributed by atoms with Crippen molar-refractivity contribution in [2.75, 3.05) is 0 Å². The minimum Gasteiger partial charge on any atom is -0.480 e. The highest BCUT2D eigenvalue weighted by Gasteiger charge is 2.48. The van der Waals surface area contributed by atoms with E-state index in [1.807, 2.05) is 0 Å². The summed E-state index contributed by atoms with van der Waals surface area (Å²) in [4.78, 5) is 40.7. The van der Waals surface area contributed by atoms with Gasteiger partial charge in [0.25, 0.3) is 0 Å². The molecule has 0 radical (unpaired) electrons. The van der Waals surface area contributed by atoms with Gasteiger partial charge < -0.3 is 24.7 Å². The van der Waals surface area contributed by atoms with E-state index in [9.17, 15) is 14.2 Å². The maximum absolute atomic E-state index is 11.3. The van der Waals surface area contributed by atoms with E-state index in [-0.39, 0.29) is 5.75 Å². The number of hydrogen-bond acceptors (Lipinski definition) is 4. The quantitative estimate of drug-likeness (QED) is 0.577. The maximum atomic E-state index is 11.3. The summed E-state index contributed by atoms with van der Waals surface area (Å²) in [6, 6.07) is 11.5. The Morgan fingerprint density at radius 3 is 2.13 bits per heavy atom. The van der Waals surface area contributed by atoms with Crippen LogP contribution < -0.4 is 4.74 Å². The van der Waals surface area contributed by atoms with Crippen LogP contribution in [0, 0.1) is 0 Å². The van der Waals surface area contributed by atoms with Crippen molar-refractivity contribution in [3.63, 3.8) is 0 Å². The Morgan fingerprint density at radius 1 is 0.957 bits per heavy atom. The molecule has 0 fully saturated rings. The molecule has 2 atom stereocenters. The predicted molar refractivity (Wildman–Crippen MR) is 79.5 cm³/mol. The summed E-state index contributed by atoms with van der Waals surface area (Å²) >= 11 is 0. The number of fused-ring (bicyclic) bond motifs is 1.